The minimum atomic E-state index is -0.361. The summed E-state index contributed by atoms with van der Waals surface area (Å²) in [5, 5.41) is 0. The van der Waals surface area contributed by atoms with E-state index >= 15 is 0 Å². The summed E-state index contributed by atoms with van der Waals surface area (Å²) in [5.74, 6) is -0.361. The van der Waals surface area contributed by atoms with Gasteiger partial charge in [-0.05, 0) is 13.8 Å². The molecular formula is C6H13NO2. The Bertz CT molecular complexity index is 99.2. The molecule has 9 heavy (non-hydrogen) atoms. The average Bonchev–Trinajstić information content (AvgIpc) is 1.65. The maximum Gasteiger partial charge on any atom is 0.330 e. The molecule has 0 aromatic carbocycles. The van der Waals surface area contributed by atoms with E-state index in [0.717, 1.165) is 6.08 Å². The number of rotatable bonds is 2. The average molecular weight is 131 g/mol. The molecule has 0 aromatic rings. The molecular weight excluding hydrogens is 118 g/mol. The first-order chi connectivity index (χ1) is 3.66. The number of hydrogen-bond donors (Lipinski definition) is 1. The maximum atomic E-state index is 10.3. The third kappa shape index (κ3) is 7.17. The van der Waals surface area contributed by atoms with Gasteiger partial charge in [-0.3, -0.25) is 0 Å². The summed E-state index contributed by atoms with van der Waals surface area (Å²) in [7, 11) is 0. The van der Waals surface area contributed by atoms with E-state index in [-0.39, 0.29) is 18.2 Å². The highest BCUT2D eigenvalue weighted by Gasteiger charge is 1.96. The van der Waals surface area contributed by atoms with E-state index in [1.807, 2.05) is 0 Å². The zero-order valence-corrected chi connectivity index (χ0v) is 5.89. The van der Waals surface area contributed by atoms with Gasteiger partial charge in [0.2, 0.25) is 0 Å². The van der Waals surface area contributed by atoms with Crippen LogP contribution in [-0.4, -0.2) is 12.1 Å². The third-order valence-electron chi connectivity index (χ3n) is 0.519. The molecule has 0 saturated carbocycles. The van der Waals surface area contributed by atoms with Gasteiger partial charge in [-0.15, -0.1) is 0 Å². The molecule has 0 bridgehead atoms. The molecule has 0 atom stereocenters. The van der Waals surface area contributed by atoms with Crippen LogP contribution in [0.5, 0.6) is 0 Å². The standard InChI is InChI=1S/C6H10O2.H3N/c1-4-6(7)8-5(2)3;/h4-5H,1H2,2-3H3;1H3. The SMILES string of the molecule is C=CC(=O)OC(C)C.N. The van der Waals surface area contributed by atoms with Crippen molar-refractivity contribution in [3.05, 3.63) is 12.7 Å². The van der Waals surface area contributed by atoms with Gasteiger partial charge < -0.3 is 10.9 Å². The fourth-order valence-corrected chi connectivity index (χ4v) is 0.280. The van der Waals surface area contributed by atoms with Gasteiger partial charge in [-0.1, -0.05) is 6.58 Å². The predicted molar refractivity (Wildman–Crippen MR) is 36.4 cm³/mol. The Morgan fingerprint density at radius 1 is 1.67 bits per heavy atom. The van der Waals surface area contributed by atoms with Crippen LogP contribution in [0.4, 0.5) is 0 Å². The monoisotopic (exact) mass is 131 g/mol. The van der Waals surface area contributed by atoms with Crippen LogP contribution in [-0.2, 0) is 9.53 Å². The van der Waals surface area contributed by atoms with E-state index in [2.05, 4.69) is 11.3 Å². The molecule has 3 heteroatoms. The highest BCUT2D eigenvalue weighted by Crippen LogP contribution is 1.87. The highest BCUT2D eigenvalue weighted by molar-refractivity contribution is 5.81. The second kappa shape index (κ2) is 5.31. The Morgan fingerprint density at radius 3 is 2.22 bits per heavy atom. The lowest BCUT2D eigenvalue weighted by Crippen LogP contribution is -2.07. The zero-order chi connectivity index (χ0) is 6.57. The number of esters is 1. The van der Waals surface area contributed by atoms with Crippen LogP contribution in [0.25, 0.3) is 0 Å². The van der Waals surface area contributed by atoms with Gasteiger partial charge in [-0.25, -0.2) is 4.79 Å². The van der Waals surface area contributed by atoms with Crippen LogP contribution in [0.1, 0.15) is 13.8 Å². The van der Waals surface area contributed by atoms with Gasteiger partial charge in [0.25, 0.3) is 0 Å². The lowest BCUT2D eigenvalue weighted by molar-refractivity contribution is -0.141. The molecule has 0 saturated heterocycles. The van der Waals surface area contributed by atoms with Gasteiger partial charge in [0, 0.05) is 6.08 Å². The van der Waals surface area contributed by atoms with Crippen molar-refractivity contribution >= 4 is 5.97 Å². The summed E-state index contributed by atoms with van der Waals surface area (Å²) >= 11 is 0. The molecule has 3 nitrogen and oxygen atoms in total. The number of carbonyl (C=O) groups is 1. The van der Waals surface area contributed by atoms with E-state index in [1.165, 1.54) is 0 Å². The molecule has 0 heterocycles. The molecule has 0 aliphatic carbocycles. The lowest BCUT2D eigenvalue weighted by Gasteiger charge is -2.02. The van der Waals surface area contributed by atoms with Crippen LogP contribution in [0, 0.1) is 0 Å². The lowest BCUT2D eigenvalue weighted by atomic mass is 10.5. The van der Waals surface area contributed by atoms with Crippen molar-refractivity contribution in [2.24, 2.45) is 0 Å². The van der Waals surface area contributed by atoms with Gasteiger partial charge in [0.1, 0.15) is 0 Å². The van der Waals surface area contributed by atoms with Gasteiger partial charge in [-0.2, -0.15) is 0 Å². The van der Waals surface area contributed by atoms with Crippen molar-refractivity contribution in [2.45, 2.75) is 20.0 Å². The topological polar surface area (TPSA) is 61.3 Å². The summed E-state index contributed by atoms with van der Waals surface area (Å²) in [5.41, 5.74) is 0. The van der Waals surface area contributed by atoms with Crippen molar-refractivity contribution < 1.29 is 9.53 Å². The van der Waals surface area contributed by atoms with E-state index in [9.17, 15) is 4.79 Å². The summed E-state index contributed by atoms with van der Waals surface area (Å²) in [6.07, 6.45) is 1.11. The summed E-state index contributed by atoms with van der Waals surface area (Å²) in [6.45, 7) is 6.83. The van der Waals surface area contributed by atoms with Crippen LogP contribution in [0.3, 0.4) is 0 Å². The van der Waals surface area contributed by atoms with Crippen LogP contribution >= 0.6 is 0 Å². The molecule has 0 spiro atoms. The Morgan fingerprint density at radius 2 is 2.11 bits per heavy atom. The fourth-order valence-electron chi connectivity index (χ4n) is 0.280. The molecule has 0 rings (SSSR count). The summed E-state index contributed by atoms with van der Waals surface area (Å²) < 4.78 is 4.64. The van der Waals surface area contributed by atoms with Crippen molar-refractivity contribution in [3.8, 4) is 0 Å². The minimum Gasteiger partial charge on any atom is -0.460 e. The molecule has 0 amide bonds. The second-order valence-corrected chi connectivity index (χ2v) is 1.69. The van der Waals surface area contributed by atoms with Gasteiger partial charge in [0.15, 0.2) is 0 Å². The van der Waals surface area contributed by atoms with E-state index in [4.69, 9.17) is 0 Å². The number of carbonyl (C=O) groups excluding carboxylic acids is 1. The van der Waals surface area contributed by atoms with Crippen molar-refractivity contribution in [1.82, 2.24) is 6.15 Å². The normalized spacial score (nSPS) is 7.89. The quantitative estimate of drug-likeness (QED) is 0.453. The van der Waals surface area contributed by atoms with E-state index in [0.29, 0.717) is 0 Å². The first kappa shape index (κ1) is 11.0. The minimum absolute atomic E-state index is 0. The van der Waals surface area contributed by atoms with Crippen molar-refractivity contribution in [2.75, 3.05) is 0 Å². The molecule has 0 fully saturated rings. The largest absolute Gasteiger partial charge is 0.460 e. The first-order valence-electron chi connectivity index (χ1n) is 2.50. The Hall–Kier alpha value is -0.830. The summed E-state index contributed by atoms with van der Waals surface area (Å²) in [6, 6.07) is 0. The molecule has 0 aromatic heterocycles. The van der Waals surface area contributed by atoms with E-state index in [1.54, 1.807) is 13.8 Å². The predicted octanol–water partition coefficient (Wildman–Crippen LogP) is 1.29. The molecule has 0 radical (unpaired) electrons. The Kier molecular flexibility index (Phi) is 6.51. The van der Waals surface area contributed by atoms with Gasteiger partial charge in [0.05, 0.1) is 6.10 Å². The van der Waals surface area contributed by atoms with Gasteiger partial charge >= 0.3 is 5.97 Å². The smallest absolute Gasteiger partial charge is 0.330 e. The number of hydrogen-bond acceptors (Lipinski definition) is 3. The molecule has 54 valence electrons. The molecule has 0 unspecified atom stereocenters. The Balaban J connectivity index is 0. The van der Waals surface area contributed by atoms with Crippen LogP contribution in [0.2, 0.25) is 0 Å². The fraction of sp³-hybridized carbons (Fsp3) is 0.500. The van der Waals surface area contributed by atoms with Crippen LogP contribution in [0.15, 0.2) is 12.7 Å². The number of ether oxygens (including phenoxy) is 1. The molecule has 0 aliphatic heterocycles. The van der Waals surface area contributed by atoms with Crippen molar-refractivity contribution in [3.63, 3.8) is 0 Å². The Labute approximate surface area is 55.3 Å². The van der Waals surface area contributed by atoms with E-state index < -0.39 is 0 Å². The first-order valence-corrected chi connectivity index (χ1v) is 2.50. The molecule has 0 aliphatic rings. The maximum absolute atomic E-state index is 10.3. The molecule has 3 N–H and O–H groups in total. The second-order valence-electron chi connectivity index (χ2n) is 1.69. The third-order valence-corrected chi connectivity index (χ3v) is 0.519. The summed E-state index contributed by atoms with van der Waals surface area (Å²) in [4.78, 5) is 10.3. The van der Waals surface area contributed by atoms with Crippen molar-refractivity contribution in [1.29, 1.82) is 0 Å². The van der Waals surface area contributed by atoms with Crippen LogP contribution < -0.4 is 6.15 Å². The zero-order valence-electron chi connectivity index (χ0n) is 5.89. The highest BCUT2D eigenvalue weighted by atomic mass is 16.5.